The molecule has 2 aromatic carbocycles. The van der Waals surface area contributed by atoms with Crippen molar-refractivity contribution in [3.63, 3.8) is 0 Å². The molecule has 1 N–H and O–H groups in total. The van der Waals surface area contributed by atoms with Crippen LogP contribution in [0, 0.1) is 12.7 Å². The number of esters is 2. The van der Waals surface area contributed by atoms with Crippen LogP contribution in [0.3, 0.4) is 0 Å². The van der Waals surface area contributed by atoms with Gasteiger partial charge in [-0.05, 0) is 55.8 Å². The minimum Gasteiger partial charge on any atom is -0.497 e. The summed E-state index contributed by atoms with van der Waals surface area (Å²) in [5, 5.41) is 0.606. The highest BCUT2D eigenvalue weighted by Crippen LogP contribution is 2.34. The number of halogens is 1. The summed E-state index contributed by atoms with van der Waals surface area (Å²) in [5.74, 6) is -3.51. The first kappa shape index (κ1) is 24.0. The van der Waals surface area contributed by atoms with Crippen LogP contribution < -0.4 is 4.74 Å². The highest BCUT2D eigenvalue weighted by Gasteiger charge is 2.35. The number of fused-ring (bicyclic) bond motifs is 1. The van der Waals surface area contributed by atoms with Crippen molar-refractivity contribution in [1.82, 2.24) is 4.98 Å². The third-order valence-electron chi connectivity index (χ3n) is 5.25. The number of carbonyl (C=O) groups excluding carboxylic acids is 3. The fourth-order valence-corrected chi connectivity index (χ4v) is 3.55. The van der Waals surface area contributed by atoms with E-state index in [1.165, 1.54) is 19.2 Å². The summed E-state index contributed by atoms with van der Waals surface area (Å²) in [6.07, 6.45) is 1.55. The third kappa shape index (κ3) is 5.58. The smallest absolute Gasteiger partial charge is 0.344 e. The Labute approximate surface area is 190 Å². The first-order chi connectivity index (χ1) is 15.8. The molecule has 0 spiro atoms. The Morgan fingerprint density at radius 2 is 1.79 bits per heavy atom. The van der Waals surface area contributed by atoms with E-state index in [1.54, 1.807) is 25.1 Å². The first-order valence-electron chi connectivity index (χ1n) is 10.6. The van der Waals surface area contributed by atoms with E-state index in [4.69, 9.17) is 14.2 Å². The molecule has 0 aliphatic rings. The van der Waals surface area contributed by atoms with Crippen molar-refractivity contribution in [3.8, 4) is 5.75 Å². The van der Waals surface area contributed by atoms with Crippen LogP contribution in [-0.2, 0) is 19.1 Å². The lowest BCUT2D eigenvalue weighted by Gasteiger charge is -2.16. The molecule has 0 bridgehead atoms. The second-order valence-electron chi connectivity index (χ2n) is 7.56. The molecule has 1 aromatic heterocycles. The fraction of sp³-hybridized carbons (Fsp3) is 0.320. The van der Waals surface area contributed by atoms with Crippen LogP contribution in [-0.4, -0.2) is 43.0 Å². The maximum atomic E-state index is 13.4. The number of carbonyl (C=O) groups is 3. The number of rotatable bonds is 10. The van der Waals surface area contributed by atoms with Crippen molar-refractivity contribution in [2.45, 2.75) is 32.6 Å². The SMILES string of the molecule is CCCCOC(=O)COC(=O)C(C(=O)c1ccc(F)cc1)c1c(C)[nH]c2ccc(OC)cc12. The molecule has 0 aliphatic carbocycles. The van der Waals surface area contributed by atoms with E-state index in [9.17, 15) is 18.8 Å². The number of hydrogen-bond acceptors (Lipinski definition) is 6. The highest BCUT2D eigenvalue weighted by molar-refractivity contribution is 6.15. The normalized spacial score (nSPS) is 11.8. The molecule has 7 nitrogen and oxygen atoms in total. The number of methoxy groups -OCH3 is 1. The van der Waals surface area contributed by atoms with Crippen molar-refractivity contribution in [1.29, 1.82) is 0 Å². The van der Waals surface area contributed by atoms with E-state index in [0.29, 0.717) is 34.3 Å². The monoisotopic (exact) mass is 455 g/mol. The van der Waals surface area contributed by atoms with Gasteiger partial charge in [-0.3, -0.25) is 9.59 Å². The van der Waals surface area contributed by atoms with Crippen molar-refractivity contribution in [3.05, 3.63) is 65.1 Å². The summed E-state index contributed by atoms with van der Waals surface area (Å²) in [5.41, 5.74) is 1.83. The number of benzene rings is 2. The molecular weight excluding hydrogens is 429 g/mol. The number of hydrogen-bond donors (Lipinski definition) is 1. The van der Waals surface area contributed by atoms with E-state index in [-0.39, 0.29) is 12.2 Å². The molecule has 8 heteroatoms. The molecular formula is C25H26FNO6. The van der Waals surface area contributed by atoms with Crippen LogP contribution in [0.25, 0.3) is 10.9 Å². The van der Waals surface area contributed by atoms with Crippen molar-refractivity contribution in [2.24, 2.45) is 0 Å². The quantitative estimate of drug-likeness (QED) is 0.210. The molecule has 0 amide bonds. The number of aromatic amines is 1. The molecule has 174 valence electrons. The van der Waals surface area contributed by atoms with E-state index >= 15 is 0 Å². The lowest BCUT2D eigenvalue weighted by atomic mass is 9.88. The Hall–Kier alpha value is -3.68. The largest absolute Gasteiger partial charge is 0.497 e. The van der Waals surface area contributed by atoms with E-state index in [0.717, 1.165) is 18.6 Å². The Balaban J connectivity index is 1.97. The standard InChI is InChI=1S/C25H26FNO6/c1-4-5-12-32-21(28)14-33-25(30)23(24(29)16-6-8-17(26)9-7-16)22-15(2)27-20-11-10-18(31-3)13-19(20)22/h6-11,13,23,27H,4-5,12,14H2,1-3H3. The van der Waals surface area contributed by atoms with Crippen LogP contribution in [0.1, 0.15) is 47.3 Å². The number of H-pyrrole nitrogens is 1. The van der Waals surface area contributed by atoms with Crippen molar-refractivity contribution < 1.29 is 33.0 Å². The second kappa shape index (κ2) is 10.8. The molecule has 1 heterocycles. The van der Waals surface area contributed by atoms with Gasteiger partial charge in [0.25, 0.3) is 0 Å². The summed E-state index contributed by atoms with van der Waals surface area (Å²) < 4.78 is 28.9. The number of nitrogens with one attached hydrogen (secondary N) is 1. The number of unbranched alkanes of at least 4 members (excludes halogenated alkanes) is 1. The Morgan fingerprint density at radius 1 is 1.06 bits per heavy atom. The molecule has 33 heavy (non-hydrogen) atoms. The zero-order valence-corrected chi connectivity index (χ0v) is 18.8. The van der Waals surface area contributed by atoms with Gasteiger partial charge >= 0.3 is 11.9 Å². The van der Waals surface area contributed by atoms with Crippen LogP contribution in [0.4, 0.5) is 4.39 Å². The lowest BCUT2D eigenvalue weighted by Crippen LogP contribution is -2.27. The zero-order chi connectivity index (χ0) is 24.0. The van der Waals surface area contributed by atoms with Gasteiger partial charge < -0.3 is 19.2 Å². The Bertz CT molecular complexity index is 1150. The molecule has 3 rings (SSSR count). The number of aromatic nitrogens is 1. The maximum Gasteiger partial charge on any atom is 0.344 e. The summed E-state index contributed by atoms with van der Waals surface area (Å²) in [7, 11) is 1.51. The fourth-order valence-electron chi connectivity index (χ4n) is 3.55. The summed E-state index contributed by atoms with van der Waals surface area (Å²) >= 11 is 0. The van der Waals surface area contributed by atoms with Crippen molar-refractivity contribution >= 4 is 28.6 Å². The molecule has 3 aromatic rings. The lowest BCUT2D eigenvalue weighted by molar-refractivity contribution is -0.159. The predicted octanol–water partition coefficient (Wildman–Crippen LogP) is 4.48. The molecule has 1 unspecified atom stereocenters. The van der Waals surface area contributed by atoms with Gasteiger partial charge in [-0.2, -0.15) is 0 Å². The number of ketones is 1. The zero-order valence-electron chi connectivity index (χ0n) is 18.8. The Morgan fingerprint density at radius 3 is 2.45 bits per heavy atom. The van der Waals surface area contributed by atoms with E-state index < -0.39 is 36.1 Å². The minimum absolute atomic E-state index is 0.139. The predicted molar refractivity (Wildman–Crippen MR) is 120 cm³/mol. The number of aryl methyl sites for hydroxylation is 1. The average Bonchev–Trinajstić information content (AvgIpc) is 3.13. The van der Waals surface area contributed by atoms with Gasteiger partial charge in [-0.25, -0.2) is 9.18 Å². The average molecular weight is 455 g/mol. The Kier molecular flexibility index (Phi) is 7.82. The van der Waals surface area contributed by atoms with Gasteiger partial charge in [0.2, 0.25) is 0 Å². The topological polar surface area (TPSA) is 94.7 Å². The van der Waals surface area contributed by atoms with Gasteiger partial charge in [-0.15, -0.1) is 0 Å². The minimum atomic E-state index is -1.38. The molecule has 1 atom stereocenters. The second-order valence-corrected chi connectivity index (χ2v) is 7.56. The summed E-state index contributed by atoms with van der Waals surface area (Å²) in [6.45, 7) is 3.31. The van der Waals surface area contributed by atoms with Gasteiger partial charge in [-0.1, -0.05) is 13.3 Å². The van der Waals surface area contributed by atoms with E-state index in [1.807, 2.05) is 6.92 Å². The van der Waals surface area contributed by atoms with Crippen LogP contribution in [0.5, 0.6) is 5.75 Å². The van der Waals surface area contributed by atoms with Crippen LogP contribution in [0.2, 0.25) is 0 Å². The highest BCUT2D eigenvalue weighted by atomic mass is 19.1. The summed E-state index contributed by atoms with van der Waals surface area (Å²) in [6, 6.07) is 10.1. The van der Waals surface area contributed by atoms with E-state index in [2.05, 4.69) is 4.98 Å². The number of Topliss-reactive ketones (excluding diaryl/α,β-unsaturated/α-hetero) is 1. The van der Waals surface area contributed by atoms with Gasteiger partial charge in [0.05, 0.1) is 13.7 Å². The van der Waals surface area contributed by atoms with Gasteiger partial charge in [0.15, 0.2) is 12.4 Å². The van der Waals surface area contributed by atoms with Gasteiger partial charge in [0.1, 0.15) is 17.5 Å². The first-order valence-corrected chi connectivity index (χ1v) is 10.6. The maximum absolute atomic E-state index is 13.4. The van der Waals surface area contributed by atoms with Crippen molar-refractivity contribution in [2.75, 3.05) is 20.3 Å². The number of ether oxygens (including phenoxy) is 3. The van der Waals surface area contributed by atoms with Crippen LogP contribution in [0.15, 0.2) is 42.5 Å². The molecule has 0 saturated heterocycles. The third-order valence-corrected chi connectivity index (χ3v) is 5.25. The molecule has 0 aliphatic heterocycles. The molecule has 0 saturated carbocycles. The summed E-state index contributed by atoms with van der Waals surface area (Å²) in [4.78, 5) is 41.6. The van der Waals surface area contributed by atoms with Crippen LogP contribution >= 0.6 is 0 Å². The molecule has 0 radical (unpaired) electrons. The van der Waals surface area contributed by atoms with Gasteiger partial charge in [0, 0.05) is 27.7 Å². The molecule has 0 fully saturated rings.